The van der Waals surface area contributed by atoms with Crippen molar-refractivity contribution in [2.45, 2.75) is 32.9 Å². The summed E-state index contributed by atoms with van der Waals surface area (Å²) in [6.45, 7) is 3.97. The molecule has 0 radical (unpaired) electrons. The molecule has 1 N–H and O–H groups in total. The molecule has 0 unspecified atom stereocenters. The second-order valence-electron chi connectivity index (χ2n) is 6.79. The highest BCUT2D eigenvalue weighted by Gasteiger charge is 2.34. The first-order chi connectivity index (χ1) is 14.7. The smallest absolute Gasteiger partial charge is 0.373 e. The van der Waals surface area contributed by atoms with Gasteiger partial charge in [-0.15, -0.1) is 0 Å². The molecule has 1 aliphatic rings. The van der Waals surface area contributed by atoms with E-state index in [0.29, 0.717) is 5.76 Å². The number of hydrogen-bond donors (Lipinski definition) is 1. The number of benzene rings is 1. The van der Waals surface area contributed by atoms with Crippen LogP contribution in [-0.2, 0) is 16.1 Å². The number of furan rings is 1. The van der Waals surface area contributed by atoms with Gasteiger partial charge in [-0.2, -0.15) is 0 Å². The Labute approximate surface area is 206 Å². The van der Waals surface area contributed by atoms with Crippen LogP contribution in [0.5, 0.6) is 5.75 Å². The molecule has 1 aliphatic heterocycles. The van der Waals surface area contributed by atoms with E-state index in [2.05, 4.69) is 62.2 Å². The van der Waals surface area contributed by atoms with Crippen LogP contribution in [0, 0.1) is 7.14 Å². The number of amides is 3. The lowest BCUT2D eigenvalue weighted by molar-refractivity contribution is -0.123. The standard InChI is InChI=1S/C21H20I2N2O6/c1-4-11(2)30-18-14(22)7-12(8-15(18)23)9-16-19(26)25(21(28)24-16)10-13-5-6-17(31-13)20(27)29-3/h5-9,11H,4,10H2,1-3H3,(H,24,28)/b16-9-/t11-/m0/s1. The van der Waals surface area contributed by atoms with E-state index in [1.807, 2.05) is 19.1 Å². The average molecular weight is 650 g/mol. The van der Waals surface area contributed by atoms with Crippen LogP contribution in [0.2, 0.25) is 0 Å². The van der Waals surface area contributed by atoms with Gasteiger partial charge in [-0.3, -0.25) is 9.69 Å². The molecule has 8 nitrogen and oxygen atoms in total. The van der Waals surface area contributed by atoms with E-state index in [9.17, 15) is 14.4 Å². The molecule has 2 heterocycles. The summed E-state index contributed by atoms with van der Waals surface area (Å²) in [6, 6.07) is 6.18. The fourth-order valence-electron chi connectivity index (χ4n) is 2.77. The predicted molar refractivity (Wildman–Crippen MR) is 129 cm³/mol. The van der Waals surface area contributed by atoms with Gasteiger partial charge in [-0.25, -0.2) is 9.59 Å². The first-order valence-electron chi connectivity index (χ1n) is 9.40. The number of nitrogens with zero attached hydrogens (tertiary/aromatic N) is 1. The number of nitrogens with one attached hydrogen (secondary N) is 1. The normalized spacial score (nSPS) is 15.9. The third-order valence-corrected chi connectivity index (χ3v) is 6.15. The van der Waals surface area contributed by atoms with Crippen LogP contribution < -0.4 is 10.1 Å². The Morgan fingerprint density at radius 3 is 2.55 bits per heavy atom. The lowest BCUT2D eigenvalue weighted by Crippen LogP contribution is -2.30. The lowest BCUT2D eigenvalue weighted by Gasteiger charge is -2.16. The lowest BCUT2D eigenvalue weighted by atomic mass is 10.2. The first kappa shape index (κ1) is 23.6. The van der Waals surface area contributed by atoms with Crippen molar-refractivity contribution in [3.05, 3.63) is 54.2 Å². The molecule has 164 valence electrons. The molecule has 10 heteroatoms. The van der Waals surface area contributed by atoms with E-state index < -0.39 is 17.9 Å². The van der Waals surface area contributed by atoms with Crippen molar-refractivity contribution >= 4 is 69.2 Å². The van der Waals surface area contributed by atoms with E-state index in [-0.39, 0.29) is 24.1 Å². The van der Waals surface area contributed by atoms with Gasteiger partial charge in [0, 0.05) is 0 Å². The number of urea groups is 1. The Bertz CT molecular complexity index is 1040. The highest BCUT2D eigenvalue weighted by atomic mass is 127. The molecule has 0 bridgehead atoms. The highest BCUT2D eigenvalue weighted by Crippen LogP contribution is 2.31. The summed E-state index contributed by atoms with van der Waals surface area (Å²) in [6.07, 6.45) is 2.61. The summed E-state index contributed by atoms with van der Waals surface area (Å²) in [5.41, 5.74) is 0.925. The molecule has 0 spiro atoms. The SMILES string of the molecule is CC[C@H](C)Oc1c(I)cc(/C=C2\NC(=O)N(Cc3ccc(C(=O)OC)o3)C2=O)cc1I. The van der Waals surface area contributed by atoms with Crippen LogP contribution in [0.3, 0.4) is 0 Å². The number of esters is 1. The molecule has 2 aromatic rings. The van der Waals surface area contributed by atoms with E-state index in [0.717, 1.165) is 29.8 Å². The van der Waals surface area contributed by atoms with Gasteiger partial charge in [0.2, 0.25) is 5.76 Å². The zero-order valence-electron chi connectivity index (χ0n) is 17.0. The van der Waals surface area contributed by atoms with E-state index >= 15 is 0 Å². The Morgan fingerprint density at radius 2 is 1.94 bits per heavy atom. The summed E-state index contributed by atoms with van der Waals surface area (Å²) < 4.78 is 17.7. The molecule has 1 atom stereocenters. The van der Waals surface area contributed by atoms with Gasteiger partial charge >= 0.3 is 12.0 Å². The van der Waals surface area contributed by atoms with Crippen molar-refractivity contribution in [1.29, 1.82) is 0 Å². The minimum absolute atomic E-state index is 0.00386. The van der Waals surface area contributed by atoms with E-state index in [4.69, 9.17) is 9.15 Å². The zero-order chi connectivity index (χ0) is 22.7. The molecular formula is C21H20I2N2O6. The van der Waals surface area contributed by atoms with Gasteiger partial charge in [0.1, 0.15) is 17.2 Å². The fraction of sp³-hybridized carbons (Fsp3) is 0.286. The molecule has 3 rings (SSSR count). The number of carbonyl (C=O) groups is 3. The number of ether oxygens (including phenoxy) is 2. The maximum atomic E-state index is 12.8. The van der Waals surface area contributed by atoms with Crippen LogP contribution in [-0.4, -0.2) is 36.0 Å². The first-order valence-corrected chi connectivity index (χ1v) is 11.6. The van der Waals surface area contributed by atoms with Crippen LogP contribution in [0.15, 0.2) is 34.4 Å². The molecule has 31 heavy (non-hydrogen) atoms. The van der Waals surface area contributed by atoms with Crippen molar-refractivity contribution in [1.82, 2.24) is 10.2 Å². The molecule has 1 aromatic carbocycles. The monoisotopic (exact) mass is 650 g/mol. The fourth-order valence-corrected chi connectivity index (χ4v) is 4.84. The largest absolute Gasteiger partial charge is 0.489 e. The van der Waals surface area contributed by atoms with Crippen molar-refractivity contribution in [3.8, 4) is 5.75 Å². The number of methoxy groups -OCH3 is 1. The zero-order valence-corrected chi connectivity index (χ0v) is 21.3. The topological polar surface area (TPSA) is 98.1 Å². The Kier molecular flexibility index (Phi) is 7.62. The van der Waals surface area contributed by atoms with Crippen LogP contribution in [0.4, 0.5) is 4.79 Å². The maximum absolute atomic E-state index is 12.8. The Hall–Kier alpha value is -2.09. The average Bonchev–Trinajstić information content (AvgIpc) is 3.30. The van der Waals surface area contributed by atoms with Gasteiger partial charge in [0.05, 0.1) is 26.9 Å². The van der Waals surface area contributed by atoms with Gasteiger partial charge in [-0.05, 0) is 94.4 Å². The number of rotatable bonds is 7. The third kappa shape index (κ3) is 5.40. The molecule has 0 saturated carbocycles. The molecule has 1 fully saturated rings. The van der Waals surface area contributed by atoms with Gasteiger partial charge in [0.15, 0.2) is 0 Å². The van der Waals surface area contributed by atoms with Crippen LogP contribution in [0.1, 0.15) is 42.1 Å². The Balaban J connectivity index is 1.78. The Morgan fingerprint density at radius 1 is 1.26 bits per heavy atom. The number of imide groups is 1. The highest BCUT2D eigenvalue weighted by molar-refractivity contribution is 14.1. The predicted octanol–water partition coefficient (Wildman–Crippen LogP) is 4.55. The third-order valence-electron chi connectivity index (χ3n) is 4.55. The van der Waals surface area contributed by atoms with Crippen LogP contribution >= 0.6 is 45.2 Å². The molecule has 0 aliphatic carbocycles. The summed E-state index contributed by atoms with van der Waals surface area (Å²) in [5.74, 6) is -0.00901. The minimum atomic E-state index is -0.631. The van der Waals surface area contributed by atoms with Gasteiger partial charge < -0.3 is 19.2 Å². The molecule has 1 saturated heterocycles. The maximum Gasteiger partial charge on any atom is 0.373 e. The van der Waals surface area contributed by atoms with E-state index in [1.54, 1.807) is 6.08 Å². The summed E-state index contributed by atoms with van der Waals surface area (Å²) >= 11 is 4.39. The summed E-state index contributed by atoms with van der Waals surface area (Å²) in [5, 5.41) is 2.59. The summed E-state index contributed by atoms with van der Waals surface area (Å²) in [7, 11) is 1.24. The molecular weight excluding hydrogens is 630 g/mol. The second kappa shape index (κ2) is 10.0. The van der Waals surface area contributed by atoms with Crippen molar-refractivity contribution in [3.63, 3.8) is 0 Å². The van der Waals surface area contributed by atoms with Crippen molar-refractivity contribution in [2.75, 3.05) is 7.11 Å². The van der Waals surface area contributed by atoms with Crippen molar-refractivity contribution in [2.24, 2.45) is 0 Å². The van der Waals surface area contributed by atoms with Crippen molar-refractivity contribution < 1.29 is 28.3 Å². The van der Waals surface area contributed by atoms with Crippen LogP contribution in [0.25, 0.3) is 6.08 Å². The molecule has 3 amide bonds. The number of carbonyl (C=O) groups excluding carboxylic acids is 3. The number of hydrogen-bond acceptors (Lipinski definition) is 6. The molecule has 1 aromatic heterocycles. The minimum Gasteiger partial charge on any atom is -0.489 e. The van der Waals surface area contributed by atoms with Gasteiger partial charge in [0.25, 0.3) is 5.91 Å². The quantitative estimate of drug-likeness (QED) is 0.205. The summed E-state index contributed by atoms with van der Waals surface area (Å²) in [4.78, 5) is 37.6. The number of halogens is 2. The second-order valence-corrected chi connectivity index (χ2v) is 9.11. The van der Waals surface area contributed by atoms with E-state index in [1.165, 1.54) is 19.2 Å². The van der Waals surface area contributed by atoms with Gasteiger partial charge in [-0.1, -0.05) is 6.92 Å².